The van der Waals surface area contributed by atoms with Crippen LogP contribution in [0.25, 0.3) is 0 Å². The molecule has 13 heavy (non-hydrogen) atoms. The van der Waals surface area contributed by atoms with Crippen LogP contribution in [0.15, 0.2) is 12.3 Å². The molecule has 1 N–H and O–H groups in total. The van der Waals surface area contributed by atoms with E-state index in [0.717, 1.165) is 11.8 Å². The zero-order chi connectivity index (χ0) is 9.42. The van der Waals surface area contributed by atoms with Gasteiger partial charge in [0.15, 0.2) is 0 Å². The molecule has 3 atom stereocenters. The molecule has 1 heterocycles. The van der Waals surface area contributed by atoms with E-state index in [-0.39, 0.29) is 0 Å². The fourth-order valence-corrected chi connectivity index (χ4v) is 2.09. The highest BCUT2D eigenvalue weighted by Gasteiger charge is 2.40. The number of nitrogens with zero attached hydrogens (tertiary/aromatic N) is 2. The summed E-state index contributed by atoms with van der Waals surface area (Å²) in [7, 11) is 4.04. The van der Waals surface area contributed by atoms with E-state index in [9.17, 15) is 0 Å². The maximum Gasteiger partial charge on any atom is 0.0553 e. The van der Waals surface area contributed by atoms with Gasteiger partial charge in [-0.2, -0.15) is 5.10 Å². The second-order valence-electron chi connectivity index (χ2n) is 4.02. The van der Waals surface area contributed by atoms with Gasteiger partial charge in [-0.3, -0.25) is 4.68 Å². The van der Waals surface area contributed by atoms with Crippen molar-refractivity contribution in [1.82, 2.24) is 15.1 Å². The van der Waals surface area contributed by atoms with E-state index in [1.165, 1.54) is 12.1 Å². The summed E-state index contributed by atoms with van der Waals surface area (Å²) in [6, 6.07) is 2.59. The lowest BCUT2D eigenvalue weighted by atomic mass is 10.1. The minimum atomic E-state index is 0.488. The minimum Gasteiger partial charge on any atom is -0.311 e. The maximum atomic E-state index is 4.20. The van der Waals surface area contributed by atoms with Gasteiger partial charge >= 0.3 is 0 Å². The Morgan fingerprint density at radius 2 is 2.38 bits per heavy atom. The van der Waals surface area contributed by atoms with Crippen molar-refractivity contribution in [3.05, 3.63) is 18.0 Å². The molecule has 1 saturated carbocycles. The SMILES string of the molecule is CNC(c1ccnn1C)C1CC1C. The van der Waals surface area contributed by atoms with Crippen molar-refractivity contribution in [1.29, 1.82) is 0 Å². The van der Waals surface area contributed by atoms with Crippen LogP contribution in [0.3, 0.4) is 0 Å². The molecule has 1 aromatic rings. The molecule has 1 aliphatic carbocycles. The van der Waals surface area contributed by atoms with Gasteiger partial charge in [0.2, 0.25) is 0 Å². The summed E-state index contributed by atoms with van der Waals surface area (Å²) in [5.41, 5.74) is 1.30. The molecule has 0 saturated heterocycles. The van der Waals surface area contributed by atoms with Gasteiger partial charge in [0.1, 0.15) is 0 Å². The van der Waals surface area contributed by atoms with Crippen molar-refractivity contribution in [3.8, 4) is 0 Å². The van der Waals surface area contributed by atoms with Gasteiger partial charge in [-0.25, -0.2) is 0 Å². The summed E-state index contributed by atoms with van der Waals surface area (Å²) in [6.45, 7) is 2.31. The molecule has 3 nitrogen and oxygen atoms in total. The van der Waals surface area contributed by atoms with Crippen LogP contribution in [0.4, 0.5) is 0 Å². The molecule has 3 unspecified atom stereocenters. The lowest BCUT2D eigenvalue weighted by Gasteiger charge is -2.15. The van der Waals surface area contributed by atoms with Gasteiger partial charge in [-0.1, -0.05) is 6.92 Å². The smallest absolute Gasteiger partial charge is 0.0553 e. The number of hydrogen-bond acceptors (Lipinski definition) is 2. The molecule has 0 radical (unpaired) electrons. The second kappa shape index (κ2) is 3.14. The van der Waals surface area contributed by atoms with E-state index >= 15 is 0 Å². The highest BCUT2D eigenvalue weighted by Crippen LogP contribution is 2.46. The Bertz CT molecular complexity index is 292. The summed E-state index contributed by atoms with van der Waals surface area (Å²) < 4.78 is 1.96. The summed E-state index contributed by atoms with van der Waals surface area (Å²) in [5, 5.41) is 7.57. The van der Waals surface area contributed by atoms with Crippen LogP contribution < -0.4 is 5.32 Å². The van der Waals surface area contributed by atoms with Crippen LogP contribution in [-0.4, -0.2) is 16.8 Å². The van der Waals surface area contributed by atoms with Crippen molar-refractivity contribution < 1.29 is 0 Å². The number of nitrogens with one attached hydrogen (secondary N) is 1. The van der Waals surface area contributed by atoms with Gasteiger partial charge < -0.3 is 5.32 Å². The van der Waals surface area contributed by atoms with Crippen molar-refractivity contribution in [2.75, 3.05) is 7.05 Å². The Balaban J connectivity index is 2.17. The van der Waals surface area contributed by atoms with Crippen LogP contribution in [0.5, 0.6) is 0 Å². The molecule has 0 aliphatic heterocycles. The molecule has 0 spiro atoms. The molecule has 0 aromatic carbocycles. The molecule has 2 rings (SSSR count). The van der Waals surface area contributed by atoms with Crippen LogP contribution in [-0.2, 0) is 7.05 Å². The lowest BCUT2D eigenvalue weighted by molar-refractivity contribution is 0.469. The van der Waals surface area contributed by atoms with Crippen LogP contribution in [0.1, 0.15) is 25.1 Å². The number of aryl methyl sites for hydroxylation is 1. The fraction of sp³-hybridized carbons (Fsp3) is 0.700. The van der Waals surface area contributed by atoms with E-state index in [1.54, 1.807) is 0 Å². The van der Waals surface area contributed by atoms with Crippen molar-refractivity contribution in [2.45, 2.75) is 19.4 Å². The standard InChI is InChI=1S/C10H17N3/c1-7-6-8(7)10(11-2)9-4-5-12-13(9)3/h4-5,7-8,10-11H,6H2,1-3H3. The molecule has 1 fully saturated rings. The molecule has 1 aliphatic rings. The third-order valence-corrected chi connectivity index (χ3v) is 3.09. The first-order valence-corrected chi connectivity index (χ1v) is 4.89. The van der Waals surface area contributed by atoms with Gasteiger partial charge in [0.25, 0.3) is 0 Å². The van der Waals surface area contributed by atoms with E-state index < -0.39 is 0 Å². The second-order valence-corrected chi connectivity index (χ2v) is 4.02. The van der Waals surface area contributed by atoms with Crippen molar-refractivity contribution in [3.63, 3.8) is 0 Å². The quantitative estimate of drug-likeness (QED) is 0.758. The molecule has 0 amide bonds. The molecular formula is C10H17N3. The summed E-state index contributed by atoms with van der Waals surface area (Å²) >= 11 is 0. The average Bonchev–Trinajstić information content (AvgIpc) is 2.65. The van der Waals surface area contributed by atoms with Crippen LogP contribution >= 0.6 is 0 Å². The Morgan fingerprint density at radius 1 is 1.69 bits per heavy atom. The predicted molar refractivity (Wildman–Crippen MR) is 52.3 cm³/mol. The summed E-state index contributed by atoms with van der Waals surface area (Å²) in [5.74, 6) is 1.67. The Labute approximate surface area is 79.1 Å². The van der Waals surface area contributed by atoms with Crippen LogP contribution in [0, 0.1) is 11.8 Å². The Kier molecular flexibility index (Phi) is 2.12. The normalized spacial score (nSPS) is 28.8. The molecule has 0 bridgehead atoms. The molecule has 72 valence electrons. The predicted octanol–water partition coefficient (Wildman–Crippen LogP) is 1.34. The highest BCUT2D eigenvalue weighted by atomic mass is 15.3. The largest absolute Gasteiger partial charge is 0.311 e. The molecule has 3 heteroatoms. The average molecular weight is 179 g/mol. The number of hydrogen-bond donors (Lipinski definition) is 1. The van der Waals surface area contributed by atoms with Gasteiger partial charge in [-0.15, -0.1) is 0 Å². The van der Waals surface area contributed by atoms with Crippen molar-refractivity contribution in [2.24, 2.45) is 18.9 Å². The number of rotatable bonds is 3. The van der Waals surface area contributed by atoms with Gasteiger partial charge in [0.05, 0.1) is 11.7 Å². The van der Waals surface area contributed by atoms with E-state index in [2.05, 4.69) is 23.4 Å². The summed E-state index contributed by atoms with van der Waals surface area (Å²) in [6.07, 6.45) is 3.21. The molecule has 1 aromatic heterocycles. The van der Waals surface area contributed by atoms with E-state index in [4.69, 9.17) is 0 Å². The first-order valence-electron chi connectivity index (χ1n) is 4.89. The number of aromatic nitrogens is 2. The lowest BCUT2D eigenvalue weighted by Crippen LogP contribution is -2.21. The van der Waals surface area contributed by atoms with E-state index in [1.807, 2.05) is 25.0 Å². The zero-order valence-corrected chi connectivity index (χ0v) is 8.49. The maximum absolute atomic E-state index is 4.20. The third kappa shape index (κ3) is 1.48. The summed E-state index contributed by atoms with van der Waals surface area (Å²) in [4.78, 5) is 0. The third-order valence-electron chi connectivity index (χ3n) is 3.09. The van der Waals surface area contributed by atoms with Crippen molar-refractivity contribution >= 4 is 0 Å². The highest BCUT2D eigenvalue weighted by molar-refractivity contribution is 5.11. The van der Waals surface area contributed by atoms with Gasteiger partial charge in [0, 0.05) is 13.2 Å². The fourth-order valence-electron chi connectivity index (χ4n) is 2.09. The van der Waals surface area contributed by atoms with Crippen LogP contribution in [0.2, 0.25) is 0 Å². The first kappa shape index (κ1) is 8.75. The minimum absolute atomic E-state index is 0.488. The Hall–Kier alpha value is -0.830. The first-order chi connectivity index (χ1) is 6.24. The van der Waals surface area contributed by atoms with Gasteiger partial charge in [-0.05, 0) is 31.4 Å². The Morgan fingerprint density at radius 3 is 2.77 bits per heavy atom. The topological polar surface area (TPSA) is 29.9 Å². The zero-order valence-electron chi connectivity index (χ0n) is 8.49. The molecular weight excluding hydrogens is 162 g/mol. The van der Waals surface area contributed by atoms with E-state index in [0.29, 0.717) is 6.04 Å². The monoisotopic (exact) mass is 179 g/mol.